The average molecular weight is 565 g/mol. The summed E-state index contributed by atoms with van der Waals surface area (Å²) in [5, 5.41) is 4.39. The molecule has 0 bridgehead atoms. The van der Waals surface area contributed by atoms with E-state index in [4.69, 9.17) is 14.4 Å². The maximum Gasteiger partial charge on any atom is 0.161 e. The Kier molecular flexibility index (Phi) is 5.24. The van der Waals surface area contributed by atoms with Gasteiger partial charge < -0.3 is 4.42 Å². The van der Waals surface area contributed by atoms with Crippen molar-refractivity contribution in [3.8, 4) is 45.0 Å². The molecule has 0 spiro atoms. The van der Waals surface area contributed by atoms with E-state index in [-0.39, 0.29) is 5.41 Å². The van der Waals surface area contributed by atoms with Gasteiger partial charge in [-0.05, 0) is 45.8 Å². The van der Waals surface area contributed by atoms with Crippen LogP contribution in [0.4, 0.5) is 0 Å². The van der Waals surface area contributed by atoms with Crippen LogP contribution in [0.25, 0.3) is 77.7 Å². The van der Waals surface area contributed by atoms with E-state index >= 15 is 0 Å². The molecule has 0 saturated heterocycles. The van der Waals surface area contributed by atoms with Crippen LogP contribution in [0.1, 0.15) is 25.0 Å². The van der Waals surface area contributed by atoms with Gasteiger partial charge in [0.25, 0.3) is 0 Å². The molecular weight excluding hydrogens is 536 g/mol. The summed E-state index contributed by atoms with van der Waals surface area (Å²) in [4.78, 5) is 10.4. The summed E-state index contributed by atoms with van der Waals surface area (Å²) in [5.74, 6) is 0.685. The molecule has 0 unspecified atom stereocenters. The van der Waals surface area contributed by atoms with Crippen molar-refractivity contribution in [2.24, 2.45) is 0 Å². The molecule has 0 atom stereocenters. The van der Waals surface area contributed by atoms with Gasteiger partial charge in [0, 0.05) is 38.3 Å². The van der Waals surface area contributed by atoms with Gasteiger partial charge in [0.05, 0.1) is 11.4 Å². The quantitative estimate of drug-likeness (QED) is 0.214. The van der Waals surface area contributed by atoms with E-state index in [1.54, 1.807) is 0 Å². The maximum atomic E-state index is 6.81. The van der Waals surface area contributed by atoms with Crippen molar-refractivity contribution in [3.05, 3.63) is 145 Å². The number of furan rings is 1. The molecule has 8 aromatic rings. The molecule has 0 radical (unpaired) electrons. The number of hydrogen-bond donors (Lipinski definition) is 0. The summed E-state index contributed by atoms with van der Waals surface area (Å²) in [6, 6.07) is 46.7. The van der Waals surface area contributed by atoms with Gasteiger partial charge in [-0.3, -0.25) is 0 Å². The molecule has 9 rings (SSSR count). The molecule has 0 N–H and O–H groups in total. The lowest BCUT2D eigenvalue weighted by Crippen LogP contribution is -2.14. The van der Waals surface area contributed by atoms with Gasteiger partial charge >= 0.3 is 0 Å². The van der Waals surface area contributed by atoms with Gasteiger partial charge in [-0.2, -0.15) is 0 Å². The van der Waals surface area contributed by atoms with Crippen molar-refractivity contribution in [3.63, 3.8) is 0 Å². The zero-order chi connectivity index (χ0) is 29.4. The molecule has 3 nitrogen and oxygen atoms in total. The van der Waals surface area contributed by atoms with Gasteiger partial charge in [0.1, 0.15) is 11.2 Å². The highest BCUT2D eigenvalue weighted by Gasteiger charge is 2.37. The first-order valence-corrected chi connectivity index (χ1v) is 15.1. The minimum Gasteiger partial charge on any atom is -0.455 e. The third-order valence-electron chi connectivity index (χ3n) is 9.28. The Hall–Kier alpha value is -5.54. The van der Waals surface area contributed by atoms with Gasteiger partial charge in [-0.1, -0.05) is 129 Å². The summed E-state index contributed by atoms with van der Waals surface area (Å²) in [5.41, 5.74) is 11.7. The van der Waals surface area contributed by atoms with Crippen LogP contribution in [-0.4, -0.2) is 9.97 Å². The van der Waals surface area contributed by atoms with E-state index in [2.05, 4.69) is 129 Å². The lowest BCUT2D eigenvalue weighted by molar-refractivity contribution is 0.660. The molecule has 3 heteroatoms. The number of benzene rings is 6. The van der Waals surface area contributed by atoms with Crippen LogP contribution in [-0.2, 0) is 5.41 Å². The predicted molar refractivity (Wildman–Crippen MR) is 181 cm³/mol. The first-order valence-electron chi connectivity index (χ1n) is 15.1. The smallest absolute Gasteiger partial charge is 0.161 e. The van der Waals surface area contributed by atoms with E-state index in [0.29, 0.717) is 5.82 Å². The molecule has 0 fully saturated rings. The van der Waals surface area contributed by atoms with Crippen molar-refractivity contribution in [2.75, 3.05) is 0 Å². The fourth-order valence-electron chi connectivity index (χ4n) is 7.15. The van der Waals surface area contributed by atoms with Crippen LogP contribution < -0.4 is 0 Å². The van der Waals surface area contributed by atoms with Crippen LogP contribution in [0.3, 0.4) is 0 Å². The van der Waals surface area contributed by atoms with Crippen LogP contribution in [0.5, 0.6) is 0 Å². The molecule has 1 aliphatic carbocycles. The Morgan fingerprint density at radius 1 is 0.545 bits per heavy atom. The molecule has 0 aliphatic heterocycles. The Bertz CT molecular complexity index is 2340. The van der Waals surface area contributed by atoms with Crippen molar-refractivity contribution in [2.45, 2.75) is 19.3 Å². The number of aromatic nitrogens is 2. The van der Waals surface area contributed by atoms with E-state index in [9.17, 15) is 0 Å². The number of para-hydroxylation sites is 1. The second-order valence-corrected chi connectivity index (χ2v) is 12.2. The van der Waals surface area contributed by atoms with E-state index in [1.165, 1.54) is 22.3 Å². The third kappa shape index (κ3) is 3.56. The molecule has 2 heterocycles. The number of hydrogen-bond acceptors (Lipinski definition) is 3. The zero-order valence-corrected chi connectivity index (χ0v) is 24.5. The zero-order valence-electron chi connectivity index (χ0n) is 24.5. The van der Waals surface area contributed by atoms with Gasteiger partial charge in [0.15, 0.2) is 5.82 Å². The van der Waals surface area contributed by atoms with Crippen molar-refractivity contribution < 1.29 is 4.42 Å². The monoisotopic (exact) mass is 564 g/mol. The molecule has 208 valence electrons. The summed E-state index contributed by atoms with van der Waals surface area (Å²) in [7, 11) is 0. The van der Waals surface area contributed by atoms with Gasteiger partial charge in [0.2, 0.25) is 0 Å². The Balaban J connectivity index is 1.42. The Morgan fingerprint density at radius 3 is 1.91 bits per heavy atom. The lowest BCUT2D eigenvalue weighted by Gasteiger charge is -2.21. The molecule has 1 aliphatic rings. The number of nitrogens with zero attached hydrogens (tertiary/aromatic N) is 2. The highest BCUT2D eigenvalue weighted by molar-refractivity contribution is 6.24. The third-order valence-corrected chi connectivity index (χ3v) is 9.28. The topological polar surface area (TPSA) is 38.9 Å². The van der Waals surface area contributed by atoms with Crippen LogP contribution in [0, 0.1) is 0 Å². The summed E-state index contributed by atoms with van der Waals surface area (Å²) in [6.07, 6.45) is 0. The predicted octanol–water partition coefficient (Wildman–Crippen LogP) is 10.8. The molecule has 6 aromatic carbocycles. The molecular formula is C41H28N2O. The summed E-state index contributed by atoms with van der Waals surface area (Å²) < 4.78 is 6.81. The van der Waals surface area contributed by atoms with Crippen LogP contribution >= 0.6 is 0 Å². The minimum atomic E-state index is -0.102. The summed E-state index contributed by atoms with van der Waals surface area (Å²) >= 11 is 0. The Morgan fingerprint density at radius 2 is 1.18 bits per heavy atom. The van der Waals surface area contributed by atoms with Crippen molar-refractivity contribution in [1.29, 1.82) is 0 Å². The summed E-state index contributed by atoms with van der Waals surface area (Å²) in [6.45, 7) is 4.64. The SMILES string of the molecule is CC1(C)c2ccccc2-c2c1ccc1cc(-c3nc(-c4ccccc4)cc(-c4ccccc4)n3)c3c4ccccc4oc3c21. The van der Waals surface area contributed by atoms with Crippen molar-refractivity contribution in [1.82, 2.24) is 9.97 Å². The molecule has 2 aromatic heterocycles. The maximum absolute atomic E-state index is 6.81. The fourth-order valence-corrected chi connectivity index (χ4v) is 7.15. The average Bonchev–Trinajstić information content (AvgIpc) is 3.58. The minimum absolute atomic E-state index is 0.102. The van der Waals surface area contributed by atoms with Crippen LogP contribution in [0.2, 0.25) is 0 Å². The molecule has 44 heavy (non-hydrogen) atoms. The lowest BCUT2D eigenvalue weighted by atomic mass is 9.82. The highest BCUT2D eigenvalue weighted by Crippen LogP contribution is 2.53. The number of rotatable bonds is 3. The van der Waals surface area contributed by atoms with E-state index < -0.39 is 0 Å². The second kappa shape index (κ2) is 9.23. The Labute approximate surface area is 255 Å². The van der Waals surface area contributed by atoms with Crippen LogP contribution in [0.15, 0.2) is 138 Å². The second-order valence-electron chi connectivity index (χ2n) is 12.2. The van der Waals surface area contributed by atoms with E-state index in [1.807, 2.05) is 18.2 Å². The highest BCUT2D eigenvalue weighted by atomic mass is 16.3. The van der Waals surface area contributed by atoms with E-state index in [0.717, 1.165) is 60.8 Å². The molecule has 0 amide bonds. The largest absolute Gasteiger partial charge is 0.455 e. The fraction of sp³-hybridized carbons (Fsp3) is 0.0732. The number of fused-ring (bicyclic) bond motifs is 9. The van der Waals surface area contributed by atoms with Gasteiger partial charge in [-0.25, -0.2) is 9.97 Å². The standard InChI is InChI=1S/C41H28N2O/c1-41(2)31-19-11-9-17-28(31)38-32(41)22-21-27-23-30(37-29-18-10-12-20-35(29)44-39(37)36(27)38)40-42-33(25-13-5-3-6-14-25)24-34(43-40)26-15-7-4-8-16-26/h3-24H,1-2H3. The molecule has 0 saturated carbocycles. The normalized spacial score (nSPS) is 13.4. The van der Waals surface area contributed by atoms with Gasteiger partial charge in [-0.15, -0.1) is 0 Å². The van der Waals surface area contributed by atoms with Crippen molar-refractivity contribution >= 4 is 32.7 Å². The first-order chi connectivity index (χ1) is 21.6. The first kappa shape index (κ1) is 25.0.